The van der Waals surface area contributed by atoms with Crippen LogP contribution in [-0.2, 0) is 0 Å². The van der Waals surface area contributed by atoms with Crippen LogP contribution in [0.15, 0.2) is 42.5 Å². The molecule has 4 heteroatoms. The van der Waals surface area contributed by atoms with E-state index in [2.05, 4.69) is 5.32 Å². The van der Waals surface area contributed by atoms with Crippen molar-refractivity contribution in [2.75, 3.05) is 18.5 Å². The Bertz CT molecular complexity index is 627. The van der Waals surface area contributed by atoms with Crippen LogP contribution in [0.2, 0.25) is 0 Å². The van der Waals surface area contributed by atoms with Crippen molar-refractivity contribution in [3.8, 4) is 17.2 Å². The number of benzene rings is 2. The molecule has 1 heterocycles. The Morgan fingerprint density at radius 3 is 2.62 bits per heavy atom. The number of phenols is 1. The predicted octanol–water partition coefficient (Wildman–Crippen LogP) is 3.73. The molecule has 2 aromatic carbocycles. The molecule has 0 aliphatic carbocycles. The van der Waals surface area contributed by atoms with Crippen LogP contribution in [0, 0.1) is 0 Å². The van der Waals surface area contributed by atoms with Crippen molar-refractivity contribution in [3.63, 3.8) is 0 Å². The highest BCUT2D eigenvalue weighted by Gasteiger charge is 2.13. The standard InChI is InChI=1S/C17H19NO3/c1-12(14-5-2-3-6-15(14)19)18-13-7-8-16-17(11-13)21-10-4-9-20-16/h2-3,5-8,11-12,18-19H,4,9-10H2,1H3. The van der Waals surface area contributed by atoms with Crippen molar-refractivity contribution >= 4 is 5.69 Å². The monoisotopic (exact) mass is 285 g/mol. The molecule has 1 unspecified atom stereocenters. The van der Waals surface area contributed by atoms with E-state index in [1.807, 2.05) is 43.3 Å². The molecule has 1 aliphatic rings. The van der Waals surface area contributed by atoms with E-state index in [9.17, 15) is 5.11 Å². The highest BCUT2D eigenvalue weighted by atomic mass is 16.5. The fourth-order valence-corrected chi connectivity index (χ4v) is 2.43. The van der Waals surface area contributed by atoms with Crippen molar-refractivity contribution in [2.24, 2.45) is 0 Å². The summed E-state index contributed by atoms with van der Waals surface area (Å²) in [5.41, 5.74) is 1.81. The third-order valence-electron chi connectivity index (χ3n) is 3.53. The molecule has 0 spiro atoms. The lowest BCUT2D eigenvalue weighted by Gasteiger charge is -2.18. The number of hydrogen-bond acceptors (Lipinski definition) is 4. The molecule has 110 valence electrons. The quantitative estimate of drug-likeness (QED) is 0.902. The molecule has 21 heavy (non-hydrogen) atoms. The van der Waals surface area contributed by atoms with Gasteiger partial charge < -0.3 is 19.9 Å². The molecule has 0 amide bonds. The lowest BCUT2D eigenvalue weighted by molar-refractivity contribution is 0.297. The summed E-state index contributed by atoms with van der Waals surface area (Å²) in [6, 6.07) is 13.2. The minimum absolute atomic E-state index is 0.00375. The summed E-state index contributed by atoms with van der Waals surface area (Å²) in [5.74, 6) is 1.85. The van der Waals surface area contributed by atoms with Crippen LogP contribution in [0.4, 0.5) is 5.69 Å². The first-order chi connectivity index (χ1) is 10.2. The van der Waals surface area contributed by atoms with Crippen molar-refractivity contribution in [3.05, 3.63) is 48.0 Å². The zero-order chi connectivity index (χ0) is 14.7. The summed E-state index contributed by atoms with van der Waals surface area (Å²) in [4.78, 5) is 0. The molecule has 0 aromatic heterocycles. The fourth-order valence-electron chi connectivity index (χ4n) is 2.43. The lowest BCUT2D eigenvalue weighted by atomic mass is 10.1. The molecule has 0 fully saturated rings. The van der Waals surface area contributed by atoms with Crippen molar-refractivity contribution < 1.29 is 14.6 Å². The fraction of sp³-hybridized carbons (Fsp3) is 0.294. The first-order valence-electron chi connectivity index (χ1n) is 7.18. The van der Waals surface area contributed by atoms with Gasteiger partial charge in [0.2, 0.25) is 0 Å². The molecule has 2 aromatic rings. The molecule has 0 bridgehead atoms. The maximum Gasteiger partial charge on any atom is 0.163 e. The van der Waals surface area contributed by atoms with Crippen LogP contribution in [0.25, 0.3) is 0 Å². The largest absolute Gasteiger partial charge is 0.508 e. The SMILES string of the molecule is CC(Nc1ccc2c(c1)OCCCO2)c1ccccc1O. The van der Waals surface area contributed by atoms with Crippen molar-refractivity contribution in [1.82, 2.24) is 0 Å². The van der Waals surface area contributed by atoms with Crippen LogP contribution in [0.5, 0.6) is 17.2 Å². The van der Waals surface area contributed by atoms with Crippen molar-refractivity contribution in [1.29, 1.82) is 0 Å². The van der Waals surface area contributed by atoms with E-state index in [1.165, 1.54) is 0 Å². The number of nitrogens with one attached hydrogen (secondary N) is 1. The van der Waals surface area contributed by atoms with Gasteiger partial charge in [0.1, 0.15) is 5.75 Å². The zero-order valence-corrected chi connectivity index (χ0v) is 12.0. The first kappa shape index (κ1) is 13.6. The van der Waals surface area contributed by atoms with E-state index in [4.69, 9.17) is 9.47 Å². The van der Waals surface area contributed by atoms with Gasteiger partial charge in [-0.3, -0.25) is 0 Å². The molecule has 0 radical (unpaired) electrons. The van der Waals surface area contributed by atoms with Gasteiger partial charge >= 0.3 is 0 Å². The summed E-state index contributed by atoms with van der Waals surface area (Å²) < 4.78 is 11.3. The second-order valence-electron chi connectivity index (χ2n) is 5.14. The van der Waals surface area contributed by atoms with E-state index in [0.29, 0.717) is 19.0 Å². The predicted molar refractivity (Wildman–Crippen MR) is 82.2 cm³/mol. The van der Waals surface area contributed by atoms with Crippen molar-refractivity contribution in [2.45, 2.75) is 19.4 Å². The van der Waals surface area contributed by atoms with E-state index in [0.717, 1.165) is 29.2 Å². The molecule has 1 aliphatic heterocycles. The topological polar surface area (TPSA) is 50.7 Å². The molecule has 2 N–H and O–H groups in total. The Hall–Kier alpha value is -2.36. The summed E-state index contributed by atoms with van der Waals surface area (Å²) in [6.45, 7) is 3.37. The van der Waals surface area contributed by atoms with Crippen LogP contribution in [-0.4, -0.2) is 18.3 Å². The summed E-state index contributed by atoms with van der Waals surface area (Å²) in [7, 11) is 0. The second kappa shape index (κ2) is 5.95. The maximum absolute atomic E-state index is 9.90. The molecule has 3 rings (SSSR count). The van der Waals surface area contributed by atoms with Gasteiger partial charge in [0.15, 0.2) is 11.5 Å². The third-order valence-corrected chi connectivity index (χ3v) is 3.53. The lowest BCUT2D eigenvalue weighted by Crippen LogP contribution is -2.07. The van der Waals surface area contributed by atoms with E-state index >= 15 is 0 Å². The number of fused-ring (bicyclic) bond motifs is 1. The minimum Gasteiger partial charge on any atom is -0.508 e. The number of anilines is 1. The summed E-state index contributed by atoms with van der Waals surface area (Å²) >= 11 is 0. The molecule has 4 nitrogen and oxygen atoms in total. The Kier molecular flexibility index (Phi) is 3.86. The first-order valence-corrected chi connectivity index (χ1v) is 7.18. The Balaban J connectivity index is 1.79. The van der Waals surface area contributed by atoms with E-state index in [1.54, 1.807) is 6.07 Å². The molecular weight excluding hydrogens is 266 g/mol. The van der Waals surface area contributed by atoms with Gasteiger partial charge in [-0.05, 0) is 25.1 Å². The van der Waals surface area contributed by atoms with Crippen LogP contribution in [0.1, 0.15) is 24.9 Å². The molecule has 0 saturated heterocycles. The smallest absolute Gasteiger partial charge is 0.163 e. The Morgan fingerprint density at radius 2 is 1.81 bits per heavy atom. The normalized spacial score (nSPS) is 15.1. The van der Waals surface area contributed by atoms with Gasteiger partial charge in [0.25, 0.3) is 0 Å². The maximum atomic E-state index is 9.90. The number of para-hydroxylation sites is 1. The minimum atomic E-state index is -0.00375. The van der Waals surface area contributed by atoms with Crippen LogP contribution in [0.3, 0.4) is 0 Å². The Morgan fingerprint density at radius 1 is 1.05 bits per heavy atom. The van der Waals surface area contributed by atoms with Gasteiger partial charge in [-0.25, -0.2) is 0 Å². The number of ether oxygens (including phenoxy) is 2. The average molecular weight is 285 g/mol. The summed E-state index contributed by atoms with van der Waals surface area (Å²) in [5, 5.41) is 13.3. The average Bonchev–Trinajstić information content (AvgIpc) is 2.72. The number of hydrogen-bond donors (Lipinski definition) is 2. The van der Waals surface area contributed by atoms with Crippen LogP contribution < -0.4 is 14.8 Å². The summed E-state index contributed by atoms with van der Waals surface area (Å²) in [6.07, 6.45) is 0.895. The van der Waals surface area contributed by atoms with Gasteiger partial charge in [0.05, 0.1) is 19.3 Å². The number of aromatic hydroxyl groups is 1. The van der Waals surface area contributed by atoms with E-state index < -0.39 is 0 Å². The second-order valence-corrected chi connectivity index (χ2v) is 5.14. The van der Waals surface area contributed by atoms with Gasteiger partial charge in [0, 0.05) is 23.7 Å². The Labute approximate surface area is 124 Å². The zero-order valence-electron chi connectivity index (χ0n) is 12.0. The van der Waals surface area contributed by atoms with Crippen LogP contribution >= 0.6 is 0 Å². The van der Waals surface area contributed by atoms with E-state index in [-0.39, 0.29) is 6.04 Å². The molecule has 1 atom stereocenters. The number of phenolic OH excluding ortho intramolecular Hbond substituents is 1. The number of rotatable bonds is 3. The van der Waals surface area contributed by atoms with Gasteiger partial charge in [-0.15, -0.1) is 0 Å². The third kappa shape index (κ3) is 3.05. The highest BCUT2D eigenvalue weighted by Crippen LogP contribution is 2.34. The molecule has 0 saturated carbocycles. The van der Waals surface area contributed by atoms with Gasteiger partial charge in [-0.1, -0.05) is 18.2 Å². The molecular formula is C17H19NO3. The highest BCUT2D eigenvalue weighted by molar-refractivity contribution is 5.56. The van der Waals surface area contributed by atoms with Gasteiger partial charge in [-0.2, -0.15) is 0 Å².